The fraction of sp³-hybridized carbons (Fsp3) is 0.167. The van der Waals surface area contributed by atoms with Gasteiger partial charge < -0.3 is 10.1 Å². The zero-order valence-electron chi connectivity index (χ0n) is 12.7. The van der Waals surface area contributed by atoms with E-state index in [9.17, 15) is 9.59 Å². The van der Waals surface area contributed by atoms with Gasteiger partial charge in [-0.3, -0.25) is 4.79 Å². The Kier molecular flexibility index (Phi) is 5.48. The molecule has 5 heteroatoms. The zero-order valence-corrected chi connectivity index (χ0v) is 12.7. The van der Waals surface area contributed by atoms with Crippen LogP contribution in [0.2, 0.25) is 0 Å². The summed E-state index contributed by atoms with van der Waals surface area (Å²) in [5.41, 5.74) is 1.84. The van der Waals surface area contributed by atoms with Crippen molar-refractivity contribution in [2.45, 2.75) is 19.4 Å². The second-order valence-corrected chi connectivity index (χ2v) is 4.92. The minimum Gasteiger partial charge on any atom is -0.454 e. The molecule has 1 amide bonds. The molecule has 0 fully saturated rings. The molecular weight excluding hydrogens is 292 g/mol. The van der Waals surface area contributed by atoms with Gasteiger partial charge in [-0.2, -0.15) is 5.26 Å². The number of benzene rings is 2. The van der Waals surface area contributed by atoms with Gasteiger partial charge in [0.05, 0.1) is 11.6 Å². The highest BCUT2D eigenvalue weighted by molar-refractivity contribution is 5.93. The Hall–Kier alpha value is -3.13. The van der Waals surface area contributed by atoms with E-state index in [1.54, 1.807) is 30.3 Å². The quantitative estimate of drug-likeness (QED) is 0.858. The molecule has 116 valence electrons. The molecule has 0 unspecified atom stereocenters. The number of hydrogen-bond donors (Lipinski definition) is 1. The van der Waals surface area contributed by atoms with E-state index in [1.165, 1.54) is 0 Å². The van der Waals surface area contributed by atoms with Gasteiger partial charge in [-0.25, -0.2) is 4.79 Å². The Morgan fingerprint density at radius 1 is 1.13 bits per heavy atom. The Balaban J connectivity index is 1.98. The van der Waals surface area contributed by atoms with E-state index in [4.69, 9.17) is 10.00 Å². The molecule has 1 N–H and O–H groups in total. The number of anilines is 1. The van der Waals surface area contributed by atoms with Crippen LogP contribution in [0.3, 0.4) is 0 Å². The van der Waals surface area contributed by atoms with E-state index in [2.05, 4.69) is 5.32 Å². The van der Waals surface area contributed by atoms with E-state index in [1.807, 2.05) is 37.3 Å². The lowest BCUT2D eigenvalue weighted by molar-refractivity contribution is -0.115. The van der Waals surface area contributed by atoms with Crippen molar-refractivity contribution in [1.29, 1.82) is 5.26 Å². The Morgan fingerprint density at radius 3 is 2.39 bits per heavy atom. The van der Waals surface area contributed by atoms with Crippen LogP contribution in [0.1, 0.15) is 35.4 Å². The number of rotatable bonds is 5. The summed E-state index contributed by atoms with van der Waals surface area (Å²) < 4.78 is 5.41. The standard InChI is InChI=1S/C18H16N2O3/c1-13(14-5-3-2-4-6-14)23-18(22)15-7-9-16(10-8-15)20-17(21)11-12-19/h2-10,13H,11H2,1H3,(H,20,21)/t13-/m0/s1. The van der Waals surface area contributed by atoms with Crippen molar-refractivity contribution >= 4 is 17.6 Å². The second-order valence-electron chi connectivity index (χ2n) is 4.92. The van der Waals surface area contributed by atoms with Crippen molar-refractivity contribution in [3.8, 4) is 6.07 Å². The van der Waals surface area contributed by atoms with Gasteiger partial charge in [-0.05, 0) is 36.8 Å². The topological polar surface area (TPSA) is 79.2 Å². The number of carbonyl (C=O) groups excluding carboxylic acids is 2. The van der Waals surface area contributed by atoms with E-state index in [-0.39, 0.29) is 18.4 Å². The van der Waals surface area contributed by atoms with Crippen LogP contribution in [0.25, 0.3) is 0 Å². The van der Waals surface area contributed by atoms with E-state index in [0.717, 1.165) is 5.56 Å². The molecule has 0 saturated heterocycles. The molecule has 1 atom stereocenters. The van der Waals surface area contributed by atoms with Crippen molar-refractivity contribution in [1.82, 2.24) is 0 Å². The SMILES string of the molecule is C[C@H](OC(=O)c1ccc(NC(=O)CC#N)cc1)c1ccccc1. The van der Waals surface area contributed by atoms with Crippen molar-refractivity contribution < 1.29 is 14.3 Å². The maximum Gasteiger partial charge on any atom is 0.338 e. The molecule has 0 aliphatic rings. The number of hydrogen-bond acceptors (Lipinski definition) is 4. The first-order valence-electron chi connectivity index (χ1n) is 7.13. The second kappa shape index (κ2) is 7.76. The monoisotopic (exact) mass is 308 g/mol. The normalized spacial score (nSPS) is 11.1. The molecule has 2 aromatic rings. The van der Waals surface area contributed by atoms with E-state index >= 15 is 0 Å². The first kappa shape index (κ1) is 16.2. The first-order valence-corrected chi connectivity index (χ1v) is 7.13. The predicted molar refractivity (Wildman–Crippen MR) is 85.6 cm³/mol. The average Bonchev–Trinajstić information content (AvgIpc) is 2.56. The fourth-order valence-electron chi connectivity index (χ4n) is 1.99. The third-order valence-electron chi connectivity index (χ3n) is 3.20. The lowest BCUT2D eigenvalue weighted by Crippen LogP contribution is -2.11. The summed E-state index contributed by atoms with van der Waals surface area (Å²) in [6, 6.07) is 17.6. The van der Waals surface area contributed by atoms with Crippen LogP contribution < -0.4 is 5.32 Å². The predicted octanol–water partition coefficient (Wildman–Crippen LogP) is 3.46. The van der Waals surface area contributed by atoms with Gasteiger partial charge in [0.2, 0.25) is 5.91 Å². The lowest BCUT2D eigenvalue weighted by Gasteiger charge is -2.13. The summed E-state index contributed by atoms with van der Waals surface area (Å²) in [5, 5.41) is 11.0. The first-order chi connectivity index (χ1) is 11.1. The smallest absolute Gasteiger partial charge is 0.338 e. The van der Waals surface area contributed by atoms with Gasteiger partial charge in [0.25, 0.3) is 0 Å². The van der Waals surface area contributed by atoms with Crippen LogP contribution in [-0.4, -0.2) is 11.9 Å². The molecule has 0 aliphatic heterocycles. The maximum atomic E-state index is 12.1. The summed E-state index contributed by atoms with van der Waals surface area (Å²) in [5.74, 6) is -0.822. The number of nitrogens with zero attached hydrogens (tertiary/aromatic N) is 1. The highest BCUT2D eigenvalue weighted by Crippen LogP contribution is 2.19. The summed E-state index contributed by atoms with van der Waals surface area (Å²) in [6.07, 6.45) is -0.558. The van der Waals surface area contributed by atoms with Crippen LogP contribution in [-0.2, 0) is 9.53 Å². The summed E-state index contributed by atoms with van der Waals surface area (Å²) in [7, 11) is 0. The van der Waals surface area contributed by atoms with Gasteiger partial charge >= 0.3 is 5.97 Å². The van der Waals surface area contributed by atoms with E-state index in [0.29, 0.717) is 11.3 Å². The molecule has 0 saturated carbocycles. The fourth-order valence-corrected chi connectivity index (χ4v) is 1.99. The molecule has 0 aliphatic carbocycles. The molecule has 0 bridgehead atoms. The Morgan fingerprint density at radius 2 is 1.78 bits per heavy atom. The van der Waals surface area contributed by atoms with Crippen LogP contribution in [0.15, 0.2) is 54.6 Å². The maximum absolute atomic E-state index is 12.1. The molecule has 5 nitrogen and oxygen atoms in total. The van der Waals surface area contributed by atoms with E-state index < -0.39 is 5.97 Å². The van der Waals surface area contributed by atoms with Crippen LogP contribution in [0.4, 0.5) is 5.69 Å². The number of amides is 1. The molecular formula is C18H16N2O3. The molecule has 23 heavy (non-hydrogen) atoms. The molecule has 0 radical (unpaired) electrons. The van der Waals surface area contributed by atoms with Gasteiger partial charge in [-0.15, -0.1) is 0 Å². The number of nitrogens with one attached hydrogen (secondary N) is 1. The Bertz CT molecular complexity index is 718. The third kappa shape index (κ3) is 4.68. The number of esters is 1. The number of ether oxygens (including phenoxy) is 1. The lowest BCUT2D eigenvalue weighted by atomic mass is 10.1. The summed E-state index contributed by atoms with van der Waals surface area (Å²) >= 11 is 0. The largest absolute Gasteiger partial charge is 0.454 e. The van der Waals surface area contributed by atoms with Crippen molar-refractivity contribution in [3.05, 3.63) is 65.7 Å². The van der Waals surface area contributed by atoms with Gasteiger partial charge in [0, 0.05) is 5.69 Å². The van der Waals surface area contributed by atoms with Crippen LogP contribution >= 0.6 is 0 Å². The highest BCUT2D eigenvalue weighted by atomic mass is 16.5. The minimum absolute atomic E-state index is 0.210. The molecule has 2 rings (SSSR count). The van der Waals surface area contributed by atoms with Crippen molar-refractivity contribution in [2.24, 2.45) is 0 Å². The van der Waals surface area contributed by atoms with Crippen molar-refractivity contribution in [3.63, 3.8) is 0 Å². The van der Waals surface area contributed by atoms with Gasteiger partial charge in [-0.1, -0.05) is 30.3 Å². The molecule has 2 aromatic carbocycles. The highest BCUT2D eigenvalue weighted by Gasteiger charge is 2.13. The summed E-state index contributed by atoms with van der Waals surface area (Å²) in [6.45, 7) is 1.81. The summed E-state index contributed by atoms with van der Waals surface area (Å²) in [4.78, 5) is 23.4. The number of nitriles is 1. The van der Waals surface area contributed by atoms with Crippen molar-refractivity contribution in [2.75, 3.05) is 5.32 Å². The minimum atomic E-state index is -0.434. The van der Waals surface area contributed by atoms with Crippen LogP contribution in [0, 0.1) is 11.3 Å². The van der Waals surface area contributed by atoms with Crippen LogP contribution in [0.5, 0.6) is 0 Å². The Labute approximate surface area is 134 Å². The zero-order chi connectivity index (χ0) is 16.7. The molecule has 0 heterocycles. The van der Waals surface area contributed by atoms with Gasteiger partial charge in [0.15, 0.2) is 0 Å². The third-order valence-corrected chi connectivity index (χ3v) is 3.20. The molecule has 0 spiro atoms. The molecule has 0 aromatic heterocycles. The average molecular weight is 308 g/mol. The number of carbonyl (C=O) groups is 2. The van der Waals surface area contributed by atoms with Gasteiger partial charge in [0.1, 0.15) is 12.5 Å².